The van der Waals surface area contributed by atoms with Crippen LogP contribution in [0, 0.1) is 17.1 Å². The lowest BCUT2D eigenvalue weighted by molar-refractivity contribution is 0.0697. The number of benzene rings is 2. The van der Waals surface area contributed by atoms with Gasteiger partial charge in [-0.2, -0.15) is 5.26 Å². The average Bonchev–Trinajstić information content (AvgIpc) is 3.30. The summed E-state index contributed by atoms with van der Waals surface area (Å²) in [5.41, 5.74) is 3.04. The third-order valence-corrected chi connectivity index (χ3v) is 6.36. The number of carbonyl (C=O) groups is 1. The molecule has 0 aliphatic carbocycles. The molecule has 2 aromatic carbocycles. The number of likely N-dealkylation sites (tertiary alicyclic amines) is 1. The molecule has 0 bridgehead atoms. The van der Waals surface area contributed by atoms with Crippen LogP contribution in [0.1, 0.15) is 51.8 Å². The van der Waals surface area contributed by atoms with E-state index in [1.165, 1.54) is 6.07 Å². The summed E-state index contributed by atoms with van der Waals surface area (Å²) in [5.74, 6) is -0.114. The topological polar surface area (TPSA) is 128 Å². The highest BCUT2D eigenvalue weighted by atomic mass is 19.1. The van der Waals surface area contributed by atoms with Gasteiger partial charge in [0.25, 0.3) is 0 Å². The molecule has 0 unspecified atom stereocenters. The Balaban J connectivity index is 1.21. The van der Waals surface area contributed by atoms with Crippen molar-refractivity contribution in [3.8, 4) is 11.9 Å². The van der Waals surface area contributed by atoms with Crippen molar-refractivity contribution in [2.75, 3.05) is 13.1 Å². The molecule has 0 amide bonds. The van der Waals surface area contributed by atoms with Crippen LogP contribution >= 0.6 is 0 Å². The molecule has 3 heterocycles. The van der Waals surface area contributed by atoms with Crippen LogP contribution in [-0.2, 0) is 13.2 Å². The summed E-state index contributed by atoms with van der Waals surface area (Å²) in [4.78, 5) is 30.2. The molecule has 9 nitrogen and oxygen atoms in total. The minimum absolute atomic E-state index is 0.00226. The zero-order valence-electron chi connectivity index (χ0n) is 19.3. The third-order valence-electron chi connectivity index (χ3n) is 6.36. The van der Waals surface area contributed by atoms with Crippen LogP contribution in [0.3, 0.4) is 0 Å². The number of imidazole rings is 1. The van der Waals surface area contributed by atoms with Crippen molar-refractivity contribution < 1.29 is 19.0 Å². The molecule has 0 radical (unpaired) electrons. The predicted molar refractivity (Wildman–Crippen MR) is 128 cm³/mol. The van der Waals surface area contributed by atoms with E-state index in [-0.39, 0.29) is 23.7 Å². The number of aromatic nitrogens is 4. The molecular formula is C26H23FN6O3. The Bertz CT molecular complexity index is 1460. The van der Waals surface area contributed by atoms with Crippen LogP contribution in [0.4, 0.5) is 4.39 Å². The van der Waals surface area contributed by atoms with Gasteiger partial charge in [-0.15, -0.1) is 0 Å². The number of rotatable bonds is 7. The second-order valence-electron chi connectivity index (χ2n) is 8.72. The van der Waals surface area contributed by atoms with Gasteiger partial charge in [0.2, 0.25) is 5.88 Å². The Morgan fingerprint density at radius 2 is 2.00 bits per heavy atom. The number of ether oxygens (including phenoxy) is 1. The van der Waals surface area contributed by atoms with Crippen molar-refractivity contribution >= 4 is 17.0 Å². The quantitative estimate of drug-likeness (QED) is 0.401. The van der Waals surface area contributed by atoms with Crippen LogP contribution in [0.2, 0.25) is 0 Å². The predicted octanol–water partition coefficient (Wildman–Crippen LogP) is 4.02. The average molecular weight is 487 g/mol. The van der Waals surface area contributed by atoms with E-state index >= 15 is 0 Å². The summed E-state index contributed by atoms with van der Waals surface area (Å²) in [5, 5.41) is 18.1. The first-order chi connectivity index (χ1) is 17.5. The van der Waals surface area contributed by atoms with Gasteiger partial charge < -0.3 is 14.8 Å². The fraction of sp³-hybridized carbons (Fsp3) is 0.269. The van der Waals surface area contributed by atoms with Crippen molar-refractivity contribution in [2.24, 2.45) is 0 Å². The van der Waals surface area contributed by atoms with Crippen LogP contribution in [-0.4, -0.2) is 49.0 Å². The highest BCUT2D eigenvalue weighted by Gasteiger charge is 2.26. The second kappa shape index (κ2) is 10.1. The number of halogens is 1. The Morgan fingerprint density at radius 3 is 2.75 bits per heavy atom. The number of nitrogens with zero attached hydrogens (tertiary/aromatic N) is 5. The fourth-order valence-corrected chi connectivity index (χ4v) is 4.45. The lowest BCUT2D eigenvalue weighted by Crippen LogP contribution is -2.33. The van der Waals surface area contributed by atoms with Gasteiger partial charge in [0.05, 0.1) is 34.8 Å². The van der Waals surface area contributed by atoms with Gasteiger partial charge in [-0.25, -0.2) is 19.2 Å². The summed E-state index contributed by atoms with van der Waals surface area (Å²) >= 11 is 0. The van der Waals surface area contributed by atoms with E-state index in [0.29, 0.717) is 23.5 Å². The SMILES string of the molecule is N#Cc1ccc(COc2nccnc2C2CCN(Cc3nc4ccc(C(=O)O)cc4[nH]3)CC2)c(F)c1. The summed E-state index contributed by atoms with van der Waals surface area (Å²) < 4.78 is 20.1. The van der Waals surface area contributed by atoms with Gasteiger partial charge in [-0.05, 0) is 56.3 Å². The standard InChI is InChI=1S/C26H23FN6O3/c27-20-11-16(13-28)1-2-19(20)15-36-25-24(29-7-8-30-25)17-5-9-33(10-6-17)14-23-31-21-4-3-18(26(34)35)12-22(21)32-23/h1-4,7-8,11-12,17H,5-6,9-10,14-15H2,(H,31,32)(H,34,35). The molecule has 5 rings (SSSR count). The Morgan fingerprint density at radius 1 is 1.19 bits per heavy atom. The molecule has 1 aliphatic heterocycles. The third kappa shape index (κ3) is 5.01. The van der Waals surface area contributed by atoms with Crippen LogP contribution in [0.25, 0.3) is 11.0 Å². The maximum absolute atomic E-state index is 14.2. The minimum atomic E-state index is -0.968. The smallest absolute Gasteiger partial charge is 0.335 e. The first-order valence-corrected chi connectivity index (χ1v) is 11.6. The molecule has 10 heteroatoms. The zero-order chi connectivity index (χ0) is 25.1. The van der Waals surface area contributed by atoms with Crippen molar-refractivity contribution in [3.63, 3.8) is 0 Å². The van der Waals surface area contributed by atoms with Gasteiger partial charge >= 0.3 is 5.97 Å². The molecule has 2 N–H and O–H groups in total. The van der Waals surface area contributed by atoms with Crippen LogP contribution in [0.15, 0.2) is 48.8 Å². The highest BCUT2D eigenvalue weighted by Crippen LogP contribution is 2.32. The lowest BCUT2D eigenvalue weighted by Gasteiger charge is -2.31. The maximum atomic E-state index is 14.2. The van der Waals surface area contributed by atoms with E-state index in [1.54, 1.807) is 42.7 Å². The number of hydrogen-bond acceptors (Lipinski definition) is 7. The summed E-state index contributed by atoms with van der Waals surface area (Å²) in [7, 11) is 0. The first kappa shape index (κ1) is 23.4. The number of hydrogen-bond donors (Lipinski definition) is 2. The summed E-state index contributed by atoms with van der Waals surface area (Å²) in [6.07, 6.45) is 4.89. The number of aromatic carboxylic acids is 1. The van der Waals surface area contributed by atoms with Crippen molar-refractivity contribution in [1.82, 2.24) is 24.8 Å². The molecule has 1 fully saturated rings. The van der Waals surface area contributed by atoms with E-state index in [4.69, 9.17) is 10.00 Å². The molecule has 0 atom stereocenters. The number of carboxylic acid groups (broad SMARTS) is 1. The van der Waals surface area contributed by atoms with E-state index in [0.717, 1.165) is 43.0 Å². The molecule has 182 valence electrons. The van der Waals surface area contributed by atoms with E-state index < -0.39 is 11.8 Å². The lowest BCUT2D eigenvalue weighted by atomic mass is 9.93. The van der Waals surface area contributed by atoms with Crippen molar-refractivity contribution in [1.29, 1.82) is 5.26 Å². The molecule has 36 heavy (non-hydrogen) atoms. The van der Waals surface area contributed by atoms with Gasteiger partial charge in [0, 0.05) is 23.9 Å². The van der Waals surface area contributed by atoms with Gasteiger partial charge in [0.1, 0.15) is 23.9 Å². The van der Waals surface area contributed by atoms with Crippen molar-refractivity contribution in [2.45, 2.75) is 31.9 Å². The Hall–Kier alpha value is -4.36. The molecule has 1 saturated heterocycles. The number of carboxylic acids is 1. The monoisotopic (exact) mass is 486 g/mol. The number of piperidine rings is 1. The van der Waals surface area contributed by atoms with Gasteiger partial charge in [-0.1, -0.05) is 6.07 Å². The fourth-order valence-electron chi connectivity index (χ4n) is 4.45. The van der Waals surface area contributed by atoms with Gasteiger partial charge in [-0.3, -0.25) is 9.88 Å². The van der Waals surface area contributed by atoms with Crippen molar-refractivity contribution in [3.05, 3.63) is 82.8 Å². The van der Waals surface area contributed by atoms with Gasteiger partial charge in [0.15, 0.2) is 0 Å². The van der Waals surface area contributed by atoms with E-state index in [2.05, 4.69) is 24.8 Å². The molecule has 0 spiro atoms. The molecule has 0 saturated carbocycles. The number of nitriles is 1. The number of aromatic amines is 1. The maximum Gasteiger partial charge on any atom is 0.335 e. The highest BCUT2D eigenvalue weighted by molar-refractivity contribution is 5.92. The largest absolute Gasteiger partial charge is 0.478 e. The first-order valence-electron chi connectivity index (χ1n) is 11.6. The molecule has 1 aliphatic rings. The van der Waals surface area contributed by atoms with Crippen LogP contribution in [0.5, 0.6) is 5.88 Å². The molecule has 4 aromatic rings. The number of nitrogens with one attached hydrogen (secondary N) is 1. The number of fused-ring (bicyclic) bond motifs is 1. The number of H-pyrrole nitrogens is 1. The van der Waals surface area contributed by atoms with E-state index in [9.17, 15) is 14.3 Å². The summed E-state index contributed by atoms with van der Waals surface area (Å²) in [6.45, 7) is 2.27. The molecule has 2 aromatic heterocycles. The molecular weight excluding hydrogens is 463 g/mol. The van der Waals surface area contributed by atoms with E-state index in [1.807, 2.05) is 6.07 Å². The van der Waals surface area contributed by atoms with Crippen LogP contribution < -0.4 is 4.74 Å². The summed E-state index contributed by atoms with van der Waals surface area (Å²) in [6, 6.07) is 11.1. The Labute approximate surface area is 206 Å². The minimum Gasteiger partial charge on any atom is -0.478 e. The Kier molecular flexibility index (Phi) is 6.56. The zero-order valence-corrected chi connectivity index (χ0v) is 19.3. The second-order valence-corrected chi connectivity index (χ2v) is 8.72. The normalized spacial score (nSPS) is 14.6.